The Kier molecular flexibility index (Phi) is 6.75. The summed E-state index contributed by atoms with van der Waals surface area (Å²) < 4.78 is 28.7. The minimum absolute atomic E-state index is 0.0829. The summed E-state index contributed by atoms with van der Waals surface area (Å²) in [6.45, 7) is 30.9. The van der Waals surface area contributed by atoms with Crippen molar-refractivity contribution in [1.29, 1.82) is 21.0 Å². The number of fused-ring (bicyclic) bond motifs is 2. The van der Waals surface area contributed by atoms with Gasteiger partial charge in [-0.25, -0.2) is 39.9 Å². The summed E-state index contributed by atoms with van der Waals surface area (Å²) >= 11 is 0. The van der Waals surface area contributed by atoms with Crippen LogP contribution in [0.3, 0.4) is 0 Å². The smallest absolute Gasteiger partial charge is 0.240 e. The Hall–Kier alpha value is -7.74. The topological polar surface area (TPSA) is 138 Å². The van der Waals surface area contributed by atoms with E-state index in [1.807, 2.05) is 12.1 Å². The second-order valence-electron chi connectivity index (χ2n) is 8.84. The molecule has 10 nitrogen and oxygen atoms in total. The number of pyridine rings is 2. The molecule has 0 spiro atoms. The first-order valence-corrected chi connectivity index (χ1v) is 11.9. The number of aromatic nitrogens is 2. The molecule has 0 aliphatic heterocycles. The Morgan fingerprint density at radius 1 is 0.636 bits per heavy atom. The number of allylic oxidation sites excluding steroid dienone is 7. The number of halogens is 2. The van der Waals surface area contributed by atoms with Gasteiger partial charge in [-0.2, -0.15) is 19.3 Å². The Balaban J connectivity index is 2.00. The Labute approximate surface area is 247 Å². The van der Waals surface area contributed by atoms with Gasteiger partial charge >= 0.3 is 0 Å². The van der Waals surface area contributed by atoms with Gasteiger partial charge in [0.25, 0.3) is 11.4 Å². The molecule has 2 aliphatic carbocycles. The van der Waals surface area contributed by atoms with Gasteiger partial charge in [-0.05, 0) is 56.7 Å². The quantitative estimate of drug-likeness (QED) is 0.191. The van der Waals surface area contributed by atoms with Gasteiger partial charge in [0.1, 0.15) is 12.1 Å². The third-order valence-corrected chi connectivity index (χ3v) is 6.84. The summed E-state index contributed by atoms with van der Waals surface area (Å²) in [5.41, 5.74) is -1.81. The molecule has 12 heteroatoms. The summed E-state index contributed by atoms with van der Waals surface area (Å²) in [5, 5.41) is 39.8. The van der Waals surface area contributed by atoms with Crippen LogP contribution in [0.4, 0.5) is 14.5 Å². The molecule has 0 atom stereocenters. The van der Waals surface area contributed by atoms with E-state index in [4.69, 9.17) is 26.3 Å². The number of hydrogen-bond donors (Lipinski definition) is 0. The van der Waals surface area contributed by atoms with Crippen molar-refractivity contribution in [2.75, 3.05) is 0 Å². The molecule has 0 unspecified atom stereocenters. The van der Waals surface area contributed by atoms with Crippen molar-refractivity contribution < 1.29 is 8.78 Å². The highest BCUT2D eigenvalue weighted by molar-refractivity contribution is 6.29. The fraction of sp³-hybridized carbons (Fsp3) is 0. The normalized spacial score (nSPS) is 14.8. The van der Waals surface area contributed by atoms with Gasteiger partial charge in [-0.15, -0.1) is 0 Å². The van der Waals surface area contributed by atoms with Crippen LogP contribution in [0.2, 0.25) is 0 Å². The Morgan fingerprint density at radius 2 is 1.20 bits per heavy atom. The van der Waals surface area contributed by atoms with Crippen LogP contribution in [0.15, 0.2) is 48.1 Å². The van der Waals surface area contributed by atoms with Crippen molar-refractivity contribution >= 4 is 39.2 Å². The van der Waals surface area contributed by atoms with Crippen molar-refractivity contribution in [3.8, 4) is 24.3 Å². The van der Waals surface area contributed by atoms with Crippen LogP contribution in [0.5, 0.6) is 0 Å². The number of benzene rings is 1. The third kappa shape index (κ3) is 3.93. The molecule has 0 saturated carbocycles. The highest BCUT2D eigenvalue weighted by atomic mass is 19.1. The first-order valence-electron chi connectivity index (χ1n) is 11.9. The lowest BCUT2D eigenvalue weighted by molar-refractivity contribution is 0.583. The Bertz CT molecular complexity index is 2190. The second kappa shape index (κ2) is 10.7. The third-order valence-electron chi connectivity index (χ3n) is 6.84. The summed E-state index contributed by atoms with van der Waals surface area (Å²) in [6.07, 6.45) is 1.90. The highest BCUT2D eigenvalue weighted by Gasteiger charge is 2.38. The van der Waals surface area contributed by atoms with E-state index in [2.05, 4.69) is 29.3 Å². The number of hydrogen-bond acceptors (Lipinski definition) is 6. The molecule has 0 radical (unpaired) electrons. The van der Waals surface area contributed by atoms with Crippen LogP contribution in [0.25, 0.3) is 52.9 Å². The van der Waals surface area contributed by atoms with E-state index in [1.165, 1.54) is 12.1 Å². The molecule has 0 saturated heterocycles. The van der Waals surface area contributed by atoms with Crippen molar-refractivity contribution in [3.05, 3.63) is 145 Å². The van der Waals surface area contributed by atoms with Crippen LogP contribution in [0, 0.1) is 83.5 Å². The van der Waals surface area contributed by atoms with E-state index in [0.29, 0.717) is 0 Å². The van der Waals surface area contributed by atoms with Gasteiger partial charge < -0.3 is 0 Å². The average Bonchev–Trinajstić information content (AvgIpc) is 3.53. The van der Waals surface area contributed by atoms with Gasteiger partial charge in [0, 0.05) is 29.6 Å². The van der Waals surface area contributed by atoms with Crippen LogP contribution in [-0.4, -0.2) is 9.97 Å². The van der Waals surface area contributed by atoms with Crippen LogP contribution in [0.1, 0.15) is 38.9 Å². The molecule has 5 rings (SSSR count). The van der Waals surface area contributed by atoms with Gasteiger partial charge in [0.2, 0.25) is 23.3 Å². The molecule has 198 valence electrons. The predicted molar refractivity (Wildman–Crippen MR) is 150 cm³/mol. The van der Waals surface area contributed by atoms with E-state index in [9.17, 15) is 29.8 Å². The molecule has 44 heavy (non-hydrogen) atoms. The van der Waals surface area contributed by atoms with Crippen molar-refractivity contribution in [1.82, 2.24) is 9.97 Å². The lowest BCUT2D eigenvalue weighted by Crippen LogP contribution is -1.97. The minimum Gasteiger partial charge on any atom is -0.240 e. The lowest BCUT2D eigenvalue weighted by Gasteiger charge is -2.13. The van der Waals surface area contributed by atoms with Gasteiger partial charge in [0.15, 0.2) is 0 Å². The molecule has 2 aliphatic rings. The monoisotopic (exact) mass is 568 g/mol. The standard InChI is InChI=1S/C32H6F2N10/c1-39-23(11-37)29-18-6-19-20(5-17(18)22(10-36)28(29)16-7-26(33)43-13-15(16)9-35)32(42-4)31(30(19)24(12-38)40-2)21-8-27(34)44-14-25(21)41-3/h5-8,13-14H/b29-23+,30-24-. The molecule has 2 heterocycles. The van der Waals surface area contributed by atoms with Crippen LogP contribution in [-0.2, 0) is 0 Å². The fourth-order valence-corrected chi connectivity index (χ4v) is 5.17. The Morgan fingerprint density at radius 3 is 1.75 bits per heavy atom. The largest absolute Gasteiger partial charge is 0.270 e. The molecule has 0 N–H and O–H groups in total. The lowest BCUT2D eigenvalue weighted by atomic mass is 9.90. The van der Waals surface area contributed by atoms with Gasteiger partial charge in [0.05, 0.1) is 49.6 Å². The maximum Gasteiger partial charge on any atom is 0.270 e. The van der Waals surface area contributed by atoms with E-state index in [1.54, 1.807) is 12.1 Å². The van der Waals surface area contributed by atoms with Crippen LogP contribution >= 0.6 is 0 Å². The van der Waals surface area contributed by atoms with Crippen molar-refractivity contribution in [3.63, 3.8) is 0 Å². The molecule has 0 amide bonds. The molecular weight excluding hydrogens is 562 g/mol. The van der Waals surface area contributed by atoms with E-state index in [-0.39, 0.29) is 78.2 Å². The zero-order chi connectivity index (χ0) is 31.7. The van der Waals surface area contributed by atoms with Gasteiger partial charge in [-0.3, -0.25) is 0 Å². The van der Waals surface area contributed by atoms with Crippen molar-refractivity contribution in [2.24, 2.45) is 0 Å². The first kappa shape index (κ1) is 27.8. The maximum absolute atomic E-state index is 14.4. The molecule has 0 bridgehead atoms. The number of nitriles is 4. The van der Waals surface area contributed by atoms with Gasteiger partial charge in [-0.1, -0.05) is 6.07 Å². The average molecular weight is 568 g/mol. The second-order valence-corrected chi connectivity index (χ2v) is 8.84. The van der Waals surface area contributed by atoms with E-state index < -0.39 is 23.3 Å². The maximum atomic E-state index is 14.4. The summed E-state index contributed by atoms with van der Waals surface area (Å²) in [7, 11) is 0. The number of rotatable bonds is 2. The van der Waals surface area contributed by atoms with E-state index in [0.717, 1.165) is 24.5 Å². The minimum atomic E-state index is -0.994. The predicted octanol–water partition coefficient (Wildman–Crippen LogP) is 6.73. The summed E-state index contributed by atoms with van der Waals surface area (Å²) in [4.78, 5) is 20.5. The van der Waals surface area contributed by atoms with Crippen molar-refractivity contribution in [2.45, 2.75) is 0 Å². The summed E-state index contributed by atoms with van der Waals surface area (Å²) in [5.74, 6) is -1.98. The zero-order valence-corrected chi connectivity index (χ0v) is 21.7. The number of nitrogens with zero attached hydrogens (tertiary/aromatic N) is 10. The van der Waals surface area contributed by atoms with E-state index >= 15 is 0 Å². The zero-order valence-electron chi connectivity index (χ0n) is 21.7. The molecule has 1 aromatic carbocycles. The molecular formula is C32H6F2N10. The molecule has 3 aromatic rings. The fourth-order valence-electron chi connectivity index (χ4n) is 5.17. The highest BCUT2D eigenvalue weighted by Crippen LogP contribution is 2.56. The van der Waals surface area contributed by atoms with Crippen LogP contribution < -0.4 is 0 Å². The first-order chi connectivity index (χ1) is 21.3. The molecule has 2 aromatic heterocycles. The summed E-state index contributed by atoms with van der Waals surface area (Å²) in [6, 6.07) is 12.0. The SMILES string of the molecule is [C-]#[N+]C1=C(c2cc(F)ncc2[N+]#[C-])/C(=C(/C#N)[N+]#[C-])c2cc3c(cc21)C(C#N)=C(c1cc(F)ncc1C#N)/C3=C(\C#N)[N+]#[C-]. The molecule has 0 fully saturated rings.